The molecule has 0 fully saturated rings. The van der Waals surface area contributed by atoms with Crippen LogP contribution in [0.1, 0.15) is 55.9 Å². The Morgan fingerprint density at radius 3 is 1.21 bits per heavy atom. The molecular formula is C13H28O. The molecule has 0 spiro atoms. The SMILES string of the molecule is C.CC(C)(C)C.CC(C)(C)OC1C=C1. The average Bonchev–Trinajstić information content (AvgIpc) is 2.38. The lowest BCUT2D eigenvalue weighted by Gasteiger charge is -2.18. The maximum atomic E-state index is 5.44. The van der Waals surface area contributed by atoms with Gasteiger partial charge in [-0.1, -0.05) is 47.3 Å². The van der Waals surface area contributed by atoms with E-state index in [1.165, 1.54) is 0 Å². The molecule has 0 heterocycles. The molecule has 1 heteroatoms. The van der Waals surface area contributed by atoms with Gasteiger partial charge in [0.2, 0.25) is 0 Å². The minimum atomic E-state index is 0. The Labute approximate surface area is 90.5 Å². The van der Waals surface area contributed by atoms with Gasteiger partial charge >= 0.3 is 0 Å². The van der Waals surface area contributed by atoms with Crippen molar-refractivity contribution in [1.82, 2.24) is 0 Å². The summed E-state index contributed by atoms with van der Waals surface area (Å²) in [5.74, 6) is 0. The Balaban J connectivity index is 0. The maximum absolute atomic E-state index is 5.44. The summed E-state index contributed by atoms with van der Waals surface area (Å²) < 4.78 is 5.44. The molecule has 0 radical (unpaired) electrons. The van der Waals surface area contributed by atoms with Gasteiger partial charge in [-0.3, -0.25) is 0 Å². The van der Waals surface area contributed by atoms with Crippen LogP contribution < -0.4 is 0 Å². The van der Waals surface area contributed by atoms with Gasteiger partial charge in [0.1, 0.15) is 0 Å². The smallest absolute Gasteiger partial charge is 0.0946 e. The molecule has 1 nitrogen and oxygen atoms in total. The van der Waals surface area contributed by atoms with Gasteiger partial charge in [-0.05, 0) is 26.2 Å². The van der Waals surface area contributed by atoms with Gasteiger partial charge in [0.25, 0.3) is 0 Å². The van der Waals surface area contributed by atoms with E-state index in [1.54, 1.807) is 0 Å². The van der Waals surface area contributed by atoms with Crippen molar-refractivity contribution in [2.24, 2.45) is 5.41 Å². The van der Waals surface area contributed by atoms with Crippen LogP contribution in [-0.2, 0) is 4.74 Å². The molecule has 1 rings (SSSR count). The van der Waals surface area contributed by atoms with Crippen LogP contribution >= 0.6 is 0 Å². The first-order chi connectivity index (χ1) is 5.58. The highest BCUT2D eigenvalue weighted by atomic mass is 16.5. The zero-order valence-electron chi connectivity index (χ0n) is 10.1. The molecule has 0 aliphatic heterocycles. The number of hydrogen-bond acceptors (Lipinski definition) is 1. The normalized spacial score (nSPS) is 15.4. The topological polar surface area (TPSA) is 9.23 Å². The summed E-state index contributed by atoms with van der Waals surface area (Å²) in [5, 5.41) is 0. The van der Waals surface area contributed by atoms with Gasteiger partial charge < -0.3 is 4.74 Å². The monoisotopic (exact) mass is 200 g/mol. The summed E-state index contributed by atoms with van der Waals surface area (Å²) in [6.45, 7) is 14.9. The molecular weight excluding hydrogens is 172 g/mol. The van der Waals surface area contributed by atoms with Crippen molar-refractivity contribution in [3.8, 4) is 0 Å². The Kier molecular flexibility index (Phi) is 6.40. The van der Waals surface area contributed by atoms with Crippen LogP contribution in [-0.4, -0.2) is 11.7 Å². The molecule has 0 amide bonds. The van der Waals surface area contributed by atoms with Gasteiger partial charge in [0, 0.05) is 0 Å². The minimum Gasteiger partial charge on any atom is -0.364 e. The molecule has 0 aromatic rings. The van der Waals surface area contributed by atoms with Crippen LogP contribution in [0.5, 0.6) is 0 Å². The third kappa shape index (κ3) is 22.6. The van der Waals surface area contributed by atoms with Crippen LogP contribution in [0, 0.1) is 5.41 Å². The molecule has 0 aromatic heterocycles. The highest BCUT2D eigenvalue weighted by Crippen LogP contribution is 2.18. The van der Waals surface area contributed by atoms with Crippen LogP contribution in [0.3, 0.4) is 0 Å². The molecule has 1 aliphatic carbocycles. The summed E-state index contributed by atoms with van der Waals surface area (Å²) in [7, 11) is 0. The first kappa shape index (κ1) is 16.1. The van der Waals surface area contributed by atoms with Crippen molar-refractivity contribution >= 4 is 0 Å². The quantitative estimate of drug-likeness (QED) is 0.569. The van der Waals surface area contributed by atoms with E-state index >= 15 is 0 Å². The highest BCUT2D eigenvalue weighted by molar-refractivity contribution is 5.16. The third-order valence-electron chi connectivity index (χ3n) is 0.839. The lowest BCUT2D eigenvalue weighted by molar-refractivity contribution is -0.00450. The maximum Gasteiger partial charge on any atom is 0.0946 e. The van der Waals surface area contributed by atoms with E-state index < -0.39 is 0 Å². The number of rotatable bonds is 1. The van der Waals surface area contributed by atoms with Gasteiger partial charge in [-0.15, -0.1) is 0 Å². The minimum absolute atomic E-state index is 0. The largest absolute Gasteiger partial charge is 0.364 e. The van der Waals surface area contributed by atoms with Crippen LogP contribution in [0.4, 0.5) is 0 Å². The molecule has 0 unspecified atom stereocenters. The van der Waals surface area contributed by atoms with E-state index in [1.807, 2.05) is 12.2 Å². The van der Waals surface area contributed by atoms with E-state index in [9.17, 15) is 0 Å². The van der Waals surface area contributed by atoms with Crippen molar-refractivity contribution in [1.29, 1.82) is 0 Å². The zero-order chi connectivity index (χ0) is 10.7. The summed E-state index contributed by atoms with van der Waals surface area (Å²) in [4.78, 5) is 0. The Hall–Kier alpha value is -0.300. The molecule has 86 valence electrons. The fraction of sp³-hybridized carbons (Fsp3) is 0.846. The zero-order valence-corrected chi connectivity index (χ0v) is 10.1. The van der Waals surface area contributed by atoms with Crippen molar-refractivity contribution in [3.05, 3.63) is 12.2 Å². The fourth-order valence-corrected chi connectivity index (χ4v) is 0.532. The lowest BCUT2D eigenvalue weighted by Crippen LogP contribution is -2.20. The molecule has 1 aliphatic rings. The number of hydrogen-bond donors (Lipinski definition) is 0. The lowest BCUT2D eigenvalue weighted by atomic mass is 10.0. The summed E-state index contributed by atoms with van der Waals surface area (Å²) in [6, 6.07) is 0. The van der Waals surface area contributed by atoms with E-state index in [-0.39, 0.29) is 13.0 Å². The highest BCUT2D eigenvalue weighted by Gasteiger charge is 2.19. The Morgan fingerprint density at radius 1 is 0.857 bits per heavy atom. The average molecular weight is 200 g/mol. The van der Waals surface area contributed by atoms with Crippen molar-refractivity contribution in [2.45, 2.75) is 67.6 Å². The third-order valence-corrected chi connectivity index (χ3v) is 0.839. The van der Waals surface area contributed by atoms with Crippen LogP contribution in [0.25, 0.3) is 0 Å². The van der Waals surface area contributed by atoms with E-state index in [0.717, 1.165) is 0 Å². The van der Waals surface area contributed by atoms with E-state index in [4.69, 9.17) is 4.74 Å². The standard InChI is InChI=1S/C7H12O.C5H12.CH4/c1-7(2,3)8-6-4-5-6;1-5(2,3)4;/h4-6H,1-3H3;1-4H3;1H4. The number of ether oxygens (including phenoxy) is 1. The fourth-order valence-electron chi connectivity index (χ4n) is 0.532. The van der Waals surface area contributed by atoms with E-state index in [0.29, 0.717) is 11.5 Å². The summed E-state index contributed by atoms with van der Waals surface area (Å²) >= 11 is 0. The first-order valence-corrected chi connectivity index (χ1v) is 4.94. The summed E-state index contributed by atoms with van der Waals surface area (Å²) in [6.07, 6.45) is 4.44. The van der Waals surface area contributed by atoms with Gasteiger partial charge in [0.15, 0.2) is 0 Å². The second kappa shape index (κ2) is 5.55. The Bertz CT molecular complexity index is 155. The van der Waals surface area contributed by atoms with Crippen LogP contribution in [0.15, 0.2) is 12.2 Å². The van der Waals surface area contributed by atoms with E-state index in [2.05, 4.69) is 48.5 Å². The summed E-state index contributed by atoms with van der Waals surface area (Å²) in [5.41, 5.74) is 0.522. The van der Waals surface area contributed by atoms with Crippen molar-refractivity contribution < 1.29 is 4.74 Å². The first-order valence-electron chi connectivity index (χ1n) is 4.94. The molecule has 0 saturated carbocycles. The Morgan fingerprint density at radius 2 is 1.14 bits per heavy atom. The molecule has 0 atom stereocenters. The van der Waals surface area contributed by atoms with Crippen LogP contribution in [0.2, 0.25) is 0 Å². The predicted molar refractivity (Wildman–Crippen MR) is 65.6 cm³/mol. The second-order valence-electron chi connectivity index (χ2n) is 6.08. The second-order valence-corrected chi connectivity index (χ2v) is 6.08. The molecule has 14 heavy (non-hydrogen) atoms. The predicted octanol–water partition coefficient (Wildman–Crippen LogP) is 4.43. The molecule has 0 aromatic carbocycles. The van der Waals surface area contributed by atoms with Gasteiger partial charge in [-0.2, -0.15) is 0 Å². The molecule has 0 N–H and O–H groups in total. The molecule has 0 saturated heterocycles. The van der Waals surface area contributed by atoms with Gasteiger partial charge in [-0.25, -0.2) is 0 Å². The van der Waals surface area contributed by atoms with Crippen molar-refractivity contribution in [3.63, 3.8) is 0 Å². The molecule has 0 bridgehead atoms. The van der Waals surface area contributed by atoms with Gasteiger partial charge in [0.05, 0.1) is 11.7 Å². The van der Waals surface area contributed by atoms with Crippen molar-refractivity contribution in [2.75, 3.05) is 0 Å².